The molecule has 0 spiro atoms. The van der Waals surface area contributed by atoms with Crippen molar-refractivity contribution < 1.29 is 9.53 Å². The average molecular weight is 266 g/mol. The molecule has 2 heterocycles. The highest BCUT2D eigenvalue weighted by Crippen LogP contribution is 2.18. The molecule has 1 amide bonds. The number of H-pyrrole nitrogens is 1. The zero-order valence-electron chi connectivity index (χ0n) is 11.6. The van der Waals surface area contributed by atoms with Crippen molar-refractivity contribution in [3.05, 3.63) is 18.0 Å². The third-order valence-electron chi connectivity index (χ3n) is 3.43. The summed E-state index contributed by atoms with van der Waals surface area (Å²) in [6.07, 6.45) is 2.41. The first-order valence-corrected chi connectivity index (χ1v) is 6.62. The van der Waals surface area contributed by atoms with Crippen molar-refractivity contribution >= 4 is 5.91 Å². The SMILES string of the molecule is COCCN1CC(CN(C)Cc2ccn[nH]2)CC1=O. The van der Waals surface area contributed by atoms with Crippen molar-refractivity contribution in [3.63, 3.8) is 0 Å². The minimum atomic E-state index is 0.247. The first kappa shape index (κ1) is 14.0. The quantitative estimate of drug-likeness (QED) is 0.773. The third-order valence-corrected chi connectivity index (χ3v) is 3.43. The normalized spacial score (nSPS) is 19.6. The zero-order chi connectivity index (χ0) is 13.7. The third kappa shape index (κ3) is 4.04. The number of methoxy groups -OCH3 is 1. The van der Waals surface area contributed by atoms with E-state index < -0.39 is 0 Å². The Morgan fingerprint density at radius 2 is 2.47 bits per heavy atom. The van der Waals surface area contributed by atoms with Crippen LogP contribution >= 0.6 is 0 Å². The van der Waals surface area contributed by atoms with Crippen LogP contribution in [0.3, 0.4) is 0 Å². The molecule has 1 unspecified atom stereocenters. The Kier molecular flexibility index (Phi) is 4.93. The average Bonchev–Trinajstić information content (AvgIpc) is 2.97. The Hall–Kier alpha value is -1.40. The highest BCUT2D eigenvalue weighted by atomic mass is 16.5. The fourth-order valence-corrected chi connectivity index (χ4v) is 2.56. The molecule has 2 rings (SSSR count). The number of ether oxygens (including phenoxy) is 1. The standard InChI is InChI=1S/C13H22N4O2/c1-16(10-12-3-4-14-15-12)8-11-7-13(18)17(9-11)5-6-19-2/h3-4,11H,5-10H2,1-2H3,(H,14,15). The topological polar surface area (TPSA) is 61.5 Å². The first-order valence-electron chi connectivity index (χ1n) is 6.62. The molecule has 1 atom stereocenters. The Morgan fingerprint density at radius 1 is 1.63 bits per heavy atom. The maximum Gasteiger partial charge on any atom is 0.223 e. The number of carbonyl (C=O) groups excluding carboxylic acids is 1. The van der Waals surface area contributed by atoms with Crippen molar-refractivity contribution in [2.45, 2.75) is 13.0 Å². The molecule has 6 heteroatoms. The van der Waals surface area contributed by atoms with Gasteiger partial charge in [-0.1, -0.05) is 0 Å². The summed E-state index contributed by atoms with van der Waals surface area (Å²) in [6.45, 7) is 3.92. The second-order valence-corrected chi connectivity index (χ2v) is 5.18. The van der Waals surface area contributed by atoms with Crippen LogP contribution in [-0.4, -0.2) is 66.3 Å². The summed E-state index contributed by atoms with van der Waals surface area (Å²) in [5, 5.41) is 6.89. The van der Waals surface area contributed by atoms with Crippen LogP contribution in [0.4, 0.5) is 0 Å². The van der Waals surface area contributed by atoms with Crippen LogP contribution in [0.15, 0.2) is 12.3 Å². The number of hydrogen-bond donors (Lipinski definition) is 1. The van der Waals surface area contributed by atoms with Gasteiger partial charge in [0.15, 0.2) is 0 Å². The van der Waals surface area contributed by atoms with Crippen LogP contribution in [0.1, 0.15) is 12.1 Å². The lowest BCUT2D eigenvalue weighted by Gasteiger charge is -2.20. The van der Waals surface area contributed by atoms with Crippen LogP contribution in [0.5, 0.6) is 0 Å². The summed E-state index contributed by atoms with van der Waals surface area (Å²) in [7, 11) is 3.74. The Labute approximate surface area is 113 Å². The summed E-state index contributed by atoms with van der Waals surface area (Å²) in [6, 6.07) is 1.97. The van der Waals surface area contributed by atoms with Gasteiger partial charge in [-0.25, -0.2) is 0 Å². The number of likely N-dealkylation sites (tertiary alicyclic amines) is 1. The molecule has 0 aromatic carbocycles. The summed E-state index contributed by atoms with van der Waals surface area (Å²) in [4.78, 5) is 16.0. The van der Waals surface area contributed by atoms with Crippen LogP contribution in [0.2, 0.25) is 0 Å². The van der Waals surface area contributed by atoms with E-state index in [0.717, 1.165) is 25.3 Å². The van der Waals surface area contributed by atoms with Gasteiger partial charge >= 0.3 is 0 Å². The van der Waals surface area contributed by atoms with E-state index in [1.54, 1.807) is 13.3 Å². The van der Waals surface area contributed by atoms with Gasteiger partial charge in [-0.3, -0.25) is 9.89 Å². The van der Waals surface area contributed by atoms with Gasteiger partial charge in [0.05, 0.1) is 6.61 Å². The maximum atomic E-state index is 11.8. The Bertz CT molecular complexity index is 393. The van der Waals surface area contributed by atoms with E-state index in [1.165, 1.54) is 0 Å². The van der Waals surface area contributed by atoms with E-state index in [9.17, 15) is 4.79 Å². The van der Waals surface area contributed by atoms with Crippen molar-refractivity contribution in [2.24, 2.45) is 5.92 Å². The fourth-order valence-electron chi connectivity index (χ4n) is 2.56. The zero-order valence-corrected chi connectivity index (χ0v) is 11.6. The predicted octanol–water partition coefficient (Wildman–Crippen LogP) is 0.336. The first-order chi connectivity index (χ1) is 9.19. The molecule has 1 aromatic heterocycles. The smallest absolute Gasteiger partial charge is 0.223 e. The van der Waals surface area contributed by atoms with Gasteiger partial charge in [-0.05, 0) is 19.0 Å². The van der Waals surface area contributed by atoms with E-state index in [2.05, 4.69) is 22.1 Å². The van der Waals surface area contributed by atoms with E-state index in [0.29, 0.717) is 25.5 Å². The van der Waals surface area contributed by atoms with Gasteiger partial charge in [0.1, 0.15) is 0 Å². The Balaban J connectivity index is 1.75. The molecule has 1 fully saturated rings. The summed E-state index contributed by atoms with van der Waals surface area (Å²) < 4.78 is 5.02. The van der Waals surface area contributed by atoms with E-state index in [-0.39, 0.29) is 5.91 Å². The molecule has 0 radical (unpaired) electrons. The van der Waals surface area contributed by atoms with Gasteiger partial charge in [0, 0.05) is 51.6 Å². The molecule has 106 valence electrons. The van der Waals surface area contributed by atoms with Gasteiger partial charge in [0.25, 0.3) is 0 Å². The number of aromatic amines is 1. The number of nitrogens with zero attached hydrogens (tertiary/aromatic N) is 3. The lowest BCUT2D eigenvalue weighted by molar-refractivity contribution is -0.128. The van der Waals surface area contributed by atoms with E-state index >= 15 is 0 Å². The summed E-state index contributed by atoms with van der Waals surface area (Å²) in [5.41, 5.74) is 1.10. The van der Waals surface area contributed by atoms with Gasteiger partial charge < -0.3 is 14.5 Å². The Morgan fingerprint density at radius 3 is 3.16 bits per heavy atom. The lowest BCUT2D eigenvalue weighted by atomic mass is 10.1. The van der Waals surface area contributed by atoms with Crippen molar-refractivity contribution in [1.29, 1.82) is 0 Å². The van der Waals surface area contributed by atoms with Crippen molar-refractivity contribution in [3.8, 4) is 0 Å². The van der Waals surface area contributed by atoms with E-state index in [1.807, 2.05) is 11.0 Å². The van der Waals surface area contributed by atoms with Crippen molar-refractivity contribution in [2.75, 3.05) is 40.4 Å². The number of carbonyl (C=O) groups is 1. The van der Waals surface area contributed by atoms with E-state index in [4.69, 9.17) is 4.74 Å². The second kappa shape index (κ2) is 6.68. The highest BCUT2D eigenvalue weighted by molar-refractivity contribution is 5.78. The number of nitrogens with one attached hydrogen (secondary N) is 1. The van der Waals surface area contributed by atoms with Crippen LogP contribution < -0.4 is 0 Å². The molecule has 1 saturated heterocycles. The molecule has 1 N–H and O–H groups in total. The highest BCUT2D eigenvalue weighted by Gasteiger charge is 2.29. The lowest BCUT2D eigenvalue weighted by Crippen LogP contribution is -2.31. The van der Waals surface area contributed by atoms with Gasteiger partial charge in [-0.15, -0.1) is 0 Å². The molecule has 6 nitrogen and oxygen atoms in total. The molecule has 1 aliphatic rings. The molecule has 0 saturated carbocycles. The molecule has 0 bridgehead atoms. The second-order valence-electron chi connectivity index (χ2n) is 5.18. The van der Waals surface area contributed by atoms with Gasteiger partial charge in [-0.2, -0.15) is 5.10 Å². The van der Waals surface area contributed by atoms with Crippen LogP contribution in [-0.2, 0) is 16.1 Å². The summed E-state index contributed by atoms with van der Waals surface area (Å²) in [5.74, 6) is 0.661. The van der Waals surface area contributed by atoms with Crippen molar-refractivity contribution in [1.82, 2.24) is 20.0 Å². The van der Waals surface area contributed by atoms with Crippen LogP contribution in [0.25, 0.3) is 0 Å². The molecular weight excluding hydrogens is 244 g/mol. The summed E-state index contributed by atoms with van der Waals surface area (Å²) >= 11 is 0. The maximum absolute atomic E-state index is 11.8. The predicted molar refractivity (Wildman–Crippen MR) is 71.5 cm³/mol. The monoisotopic (exact) mass is 266 g/mol. The number of hydrogen-bond acceptors (Lipinski definition) is 4. The minimum Gasteiger partial charge on any atom is -0.383 e. The molecular formula is C13H22N4O2. The van der Waals surface area contributed by atoms with Crippen LogP contribution in [0, 0.1) is 5.92 Å². The number of aromatic nitrogens is 2. The molecule has 1 aliphatic heterocycles. The van der Waals surface area contributed by atoms with Gasteiger partial charge in [0.2, 0.25) is 5.91 Å². The fraction of sp³-hybridized carbons (Fsp3) is 0.692. The minimum absolute atomic E-state index is 0.247. The number of rotatable bonds is 7. The molecule has 0 aliphatic carbocycles. The molecule has 1 aromatic rings. The number of amides is 1. The molecule has 19 heavy (non-hydrogen) atoms. The largest absolute Gasteiger partial charge is 0.383 e.